The molecule has 122 valence electrons. The molecule has 1 aromatic carbocycles. The van der Waals surface area contributed by atoms with Crippen LogP contribution in [0.1, 0.15) is 18.9 Å². The van der Waals surface area contributed by atoms with Gasteiger partial charge in [-0.15, -0.1) is 0 Å². The van der Waals surface area contributed by atoms with E-state index in [1.165, 1.54) is 0 Å². The van der Waals surface area contributed by atoms with Gasteiger partial charge in [0.05, 0.1) is 6.61 Å². The van der Waals surface area contributed by atoms with E-state index in [2.05, 4.69) is 10.6 Å². The summed E-state index contributed by atoms with van der Waals surface area (Å²) in [6.07, 6.45) is 0.218. The molecular weight excluding hydrogens is 298 g/mol. The first-order valence-electron chi connectivity index (χ1n) is 7.62. The van der Waals surface area contributed by atoms with Crippen LogP contribution in [0.3, 0.4) is 0 Å². The molecule has 3 rings (SSSR count). The molecule has 0 saturated carbocycles. The molecule has 2 N–H and O–H groups in total. The third-order valence-corrected chi connectivity index (χ3v) is 4.26. The minimum Gasteiger partial charge on any atom is -0.465 e. The zero-order valence-electron chi connectivity index (χ0n) is 12.9. The van der Waals surface area contributed by atoms with Gasteiger partial charge in [-0.2, -0.15) is 0 Å². The van der Waals surface area contributed by atoms with Crippen LogP contribution in [0, 0.1) is 0 Å². The van der Waals surface area contributed by atoms with Gasteiger partial charge in [0.25, 0.3) is 5.91 Å². The van der Waals surface area contributed by atoms with Crippen LogP contribution in [0.2, 0.25) is 0 Å². The van der Waals surface area contributed by atoms with E-state index >= 15 is 0 Å². The van der Waals surface area contributed by atoms with E-state index in [1.54, 1.807) is 6.92 Å². The maximum atomic E-state index is 12.3. The highest BCUT2D eigenvalue weighted by molar-refractivity contribution is 6.07. The van der Waals surface area contributed by atoms with Gasteiger partial charge in [0, 0.05) is 19.5 Å². The molecule has 2 aliphatic heterocycles. The lowest BCUT2D eigenvalue weighted by Gasteiger charge is -2.23. The lowest BCUT2D eigenvalue weighted by molar-refractivity contribution is -0.148. The number of hydrogen-bond acceptors (Lipinski definition) is 5. The third kappa shape index (κ3) is 2.92. The average Bonchev–Trinajstić information content (AvgIpc) is 3.01. The molecule has 3 amide bonds. The smallest absolute Gasteiger partial charge is 0.323 e. The van der Waals surface area contributed by atoms with Crippen LogP contribution in [0.4, 0.5) is 4.79 Å². The molecule has 0 aliphatic carbocycles. The van der Waals surface area contributed by atoms with Crippen LogP contribution in [0.15, 0.2) is 30.3 Å². The van der Waals surface area contributed by atoms with Gasteiger partial charge in [-0.25, -0.2) is 4.79 Å². The van der Waals surface area contributed by atoms with E-state index < -0.39 is 17.6 Å². The number of esters is 1. The minimum atomic E-state index is -1.05. The third-order valence-electron chi connectivity index (χ3n) is 4.26. The van der Waals surface area contributed by atoms with Gasteiger partial charge in [0.2, 0.25) is 0 Å². The van der Waals surface area contributed by atoms with Crippen molar-refractivity contribution in [2.24, 2.45) is 0 Å². The van der Waals surface area contributed by atoms with Gasteiger partial charge in [0.1, 0.15) is 11.6 Å². The molecule has 7 heteroatoms. The van der Waals surface area contributed by atoms with Crippen molar-refractivity contribution in [3.05, 3.63) is 35.9 Å². The van der Waals surface area contributed by atoms with Gasteiger partial charge in [-0.1, -0.05) is 30.3 Å². The average molecular weight is 317 g/mol. The normalized spacial score (nSPS) is 27.1. The van der Waals surface area contributed by atoms with Crippen molar-refractivity contribution in [1.82, 2.24) is 15.5 Å². The SMILES string of the molecule is CCOC(=O)[C@@H]1C[C@@]2(CN1Cc1ccccc1)NC(=O)NC2=O. The number of amides is 3. The standard InChI is InChI=1S/C16H19N3O4/c1-2-23-13(20)12-8-16(14(21)17-15(22)18-16)10-19(12)9-11-6-4-3-5-7-11/h3-7,12H,2,8-10H2,1H3,(H2,17,18,21,22)/t12-,16-/m0/s1. The number of rotatable bonds is 4. The number of carbonyl (C=O) groups excluding carboxylic acids is 3. The van der Waals surface area contributed by atoms with Crippen LogP contribution in [0.25, 0.3) is 0 Å². The molecule has 2 aliphatic rings. The van der Waals surface area contributed by atoms with Crippen LogP contribution < -0.4 is 10.6 Å². The summed E-state index contributed by atoms with van der Waals surface area (Å²) in [6.45, 7) is 2.81. The van der Waals surface area contributed by atoms with E-state index in [0.29, 0.717) is 6.54 Å². The summed E-state index contributed by atoms with van der Waals surface area (Å²) < 4.78 is 5.13. The first-order chi connectivity index (χ1) is 11.0. The highest BCUT2D eigenvalue weighted by Gasteiger charge is 2.56. The maximum absolute atomic E-state index is 12.3. The Balaban J connectivity index is 1.84. The molecule has 2 fully saturated rings. The van der Waals surface area contributed by atoms with Crippen LogP contribution in [0.5, 0.6) is 0 Å². The zero-order valence-corrected chi connectivity index (χ0v) is 12.9. The molecule has 7 nitrogen and oxygen atoms in total. The van der Waals surface area contributed by atoms with E-state index in [4.69, 9.17) is 4.74 Å². The Kier molecular flexibility index (Phi) is 4.04. The van der Waals surface area contributed by atoms with Gasteiger partial charge in [-0.3, -0.25) is 19.8 Å². The lowest BCUT2D eigenvalue weighted by atomic mass is 9.96. The van der Waals surface area contributed by atoms with Crippen molar-refractivity contribution in [2.75, 3.05) is 13.2 Å². The predicted octanol–water partition coefficient (Wildman–Crippen LogP) is 0.402. The second-order valence-electron chi connectivity index (χ2n) is 5.85. The molecule has 2 heterocycles. The number of ether oxygens (including phenoxy) is 1. The second kappa shape index (κ2) is 6.00. The molecule has 0 unspecified atom stereocenters. The van der Waals surface area contributed by atoms with Crippen molar-refractivity contribution in [2.45, 2.75) is 31.5 Å². The van der Waals surface area contributed by atoms with E-state index in [0.717, 1.165) is 5.56 Å². The fraction of sp³-hybridized carbons (Fsp3) is 0.438. The summed E-state index contributed by atoms with van der Waals surface area (Å²) in [4.78, 5) is 37.8. The lowest BCUT2D eigenvalue weighted by Crippen LogP contribution is -2.48. The summed E-state index contributed by atoms with van der Waals surface area (Å²) in [5, 5.41) is 4.93. The van der Waals surface area contributed by atoms with E-state index in [-0.39, 0.29) is 31.4 Å². The van der Waals surface area contributed by atoms with Gasteiger partial charge in [-0.05, 0) is 12.5 Å². The Morgan fingerprint density at radius 3 is 2.70 bits per heavy atom. The molecular formula is C16H19N3O4. The molecule has 0 aromatic heterocycles. The van der Waals surface area contributed by atoms with E-state index in [1.807, 2.05) is 35.2 Å². The van der Waals surface area contributed by atoms with Crippen molar-refractivity contribution in [1.29, 1.82) is 0 Å². The first kappa shape index (κ1) is 15.5. The van der Waals surface area contributed by atoms with Gasteiger partial charge >= 0.3 is 12.0 Å². The minimum absolute atomic E-state index is 0.218. The fourth-order valence-corrected chi connectivity index (χ4v) is 3.22. The first-order valence-corrected chi connectivity index (χ1v) is 7.62. The molecule has 23 heavy (non-hydrogen) atoms. The number of likely N-dealkylation sites (tertiary alicyclic amines) is 1. The maximum Gasteiger partial charge on any atom is 0.323 e. The Labute approximate surface area is 134 Å². The highest BCUT2D eigenvalue weighted by atomic mass is 16.5. The molecule has 0 radical (unpaired) electrons. The summed E-state index contributed by atoms with van der Waals surface area (Å²) >= 11 is 0. The molecule has 2 atom stereocenters. The van der Waals surface area contributed by atoms with Gasteiger partial charge < -0.3 is 10.1 Å². The van der Waals surface area contributed by atoms with Crippen LogP contribution in [-0.4, -0.2) is 47.5 Å². The Bertz CT molecular complexity index is 633. The number of nitrogens with zero attached hydrogens (tertiary/aromatic N) is 1. The van der Waals surface area contributed by atoms with Crippen molar-refractivity contribution < 1.29 is 19.1 Å². The number of benzene rings is 1. The topological polar surface area (TPSA) is 87.7 Å². The zero-order chi connectivity index (χ0) is 16.4. The highest BCUT2D eigenvalue weighted by Crippen LogP contribution is 2.31. The Morgan fingerprint density at radius 2 is 2.09 bits per heavy atom. The van der Waals surface area contributed by atoms with Crippen molar-refractivity contribution >= 4 is 17.9 Å². The number of hydrogen-bond donors (Lipinski definition) is 2. The number of nitrogens with one attached hydrogen (secondary N) is 2. The Morgan fingerprint density at radius 1 is 1.35 bits per heavy atom. The largest absolute Gasteiger partial charge is 0.465 e. The molecule has 1 aromatic rings. The van der Waals surface area contributed by atoms with Gasteiger partial charge in [0.15, 0.2) is 0 Å². The summed E-state index contributed by atoms with van der Waals surface area (Å²) in [5.74, 6) is -0.749. The van der Waals surface area contributed by atoms with Crippen molar-refractivity contribution in [3.63, 3.8) is 0 Å². The summed E-state index contributed by atoms with van der Waals surface area (Å²) in [5.41, 5.74) is -0.0212. The monoisotopic (exact) mass is 317 g/mol. The number of carbonyl (C=O) groups is 3. The summed E-state index contributed by atoms with van der Waals surface area (Å²) in [7, 11) is 0. The van der Waals surface area contributed by atoms with Crippen molar-refractivity contribution in [3.8, 4) is 0 Å². The van der Waals surface area contributed by atoms with Crippen LogP contribution in [-0.2, 0) is 20.9 Å². The quantitative estimate of drug-likeness (QED) is 0.620. The molecule has 2 saturated heterocycles. The molecule has 0 bridgehead atoms. The number of urea groups is 1. The molecule has 1 spiro atoms. The fourth-order valence-electron chi connectivity index (χ4n) is 3.22. The predicted molar refractivity (Wildman–Crippen MR) is 81.3 cm³/mol. The summed E-state index contributed by atoms with van der Waals surface area (Å²) in [6, 6.07) is 8.61. The van der Waals surface area contributed by atoms with Crippen LogP contribution >= 0.6 is 0 Å². The second-order valence-corrected chi connectivity index (χ2v) is 5.85. The Hall–Kier alpha value is -2.41. The van der Waals surface area contributed by atoms with E-state index in [9.17, 15) is 14.4 Å². The number of imide groups is 1.